The molecule has 118 valence electrons. The fourth-order valence-electron chi connectivity index (χ4n) is 2.28. The van der Waals surface area contributed by atoms with Crippen LogP contribution in [-0.4, -0.2) is 49.8 Å². The number of sulfonamides is 1. The second kappa shape index (κ2) is 5.49. The van der Waals surface area contributed by atoms with Crippen molar-refractivity contribution in [1.82, 2.24) is 9.21 Å². The Morgan fingerprint density at radius 2 is 1.95 bits per heavy atom. The van der Waals surface area contributed by atoms with E-state index in [9.17, 15) is 12.8 Å². The first-order valence-electron chi connectivity index (χ1n) is 6.51. The summed E-state index contributed by atoms with van der Waals surface area (Å²) < 4.78 is 41.0. The van der Waals surface area contributed by atoms with Crippen molar-refractivity contribution in [2.24, 2.45) is 0 Å². The third kappa shape index (κ3) is 3.08. The molecule has 1 aromatic carbocycles. The van der Waals surface area contributed by atoms with E-state index in [0.29, 0.717) is 24.1 Å². The van der Waals surface area contributed by atoms with Gasteiger partial charge in [0.25, 0.3) is 0 Å². The molecule has 0 radical (unpaired) electrons. The van der Waals surface area contributed by atoms with E-state index in [4.69, 9.17) is 5.73 Å². The van der Waals surface area contributed by atoms with Crippen LogP contribution in [-0.2, 0) is 10.0 Å². The van der Waals surface area contributed by atoms with E-state index in [2.05, 4.69) is 20.8 Å². The summed E-state index contributed by atoms with van der Waals surface area (Å²) in [7, 11) is -1.95. The average molecular weight is 380 g/mol. The van der Waals surface area contributed by atoms with Gasteiger partial charge in [0.05, 0.1) is 0 Å². The molecule has 1 fully saturated rings. The van der Waals surface area contributed by atoms with E-state index in [0.717, 1.165) is 6.07 Å². The first-order chi connectivity index (χ1) is 9.55. The van der Waals surface area contributed by atoms with E-state index in [1.165, 1.54) is 10.4 Å². The van der Waals surface area contributed by atoms with Crippen LogP contribution in [0.5, 0.6) is 0 Å². The molecule has 0 saturated carbocycles. The minimum atomic E-state index is -3.90. The lowest BCUT2D eigenvalue weighted by atomic mass is 10.0. The smallest absolute Gasteiger partial charge is 0.246 e. The molecule has 21 heavy (non-hydrogen) atoms. The van der Waals surface area contributed by atoms with Gasteiger partial charge in [-0.1, -0.05) is 0 Å². The lowest BCUT2D eigenvalue weighted by Gasteiger charge is -2.44. The van der Waals surface area contributed by atoms with Gasteiger partial charge < -0.3 is 5.73 Å². The second-order valence-corrected chi connectivity index (χ2v) is 8.64. The number of hydrogen-bond donors (Lipinski definition) is 1. The fourth-order valence-corrected chi connectivity index (χ4v) is 4.27. The molecule has 2 rings (SSSR count). The molecular weight excluding hydrogens is 361 g/mol. The van der Waals surface area contributed by atoms with Gasteiger partial charge in [-0.2, -0.15) is 4.31 Å². The highest BCUT2D eigenvalue weighted by molar-refractivity contribution is 9.10. The number of hydrogen-bond acceptors (Lipinski definition) is 4. The van der Waals surface area contributed by atoms with Crippen LogP contribution in [0, 0.1) is 5.82 Å². The zero-order valence-electron chi connectivity index (χ0n) is 12.2. The SMILES string of the molecule is CN1CCN(S(=O)(=O)c2cc(N)c(Br)cc2F)CC1(C)C. The Morgan fingerprint density at radius 1 is 1.33 bits per heavy atom. The number of nitrogens with zero attached hydrogens (tertiary/aromatic N) is 2. The van der Waals surface area contributed by atoms with Crippen molar-refractivity contribution in [2.75, 3.05) is 32.4 Å². The maximum Gasteiger partial charge on any atom is 0.246 e. The summed E-state index contributed by atoms with van der Waals surface area (Å²) in [6.07, 6.45) is 0. The molecule has 0 unspecified atom stereocenters. The molecule has 0 bridgehead atoms. The second-order valence-electron chi connectivity index (χ2n) is 5.88. The topological polar surface area (TPSA) is 66.6 Å². The molecule has 5 nitrogen and oxygen atoms in total. The molecule has 2 N–H and O–H groups in total. The highest BCUT2D eigenvalue weighted by Crippen LogP contribution is 2.30. The van der Waals surface area contributed by atoms with Crippen molar-refractivity contribution in [3.63, 3.8) is 0 Å². The predicted octanol–water partition coefficient (Wildman–Crippen LogP) is 1.89. The van der Waals surface area contributed by atoms with Crippen molar-refractivity contribution < 1.29 is 12.8 Å². The summed E-state index contributed by atoms with van der Waals surface area (Å²) >= 11 is 3.09. The molecule has 0 atom stereocenters. The van der Waals surface area contributed by atoms with E-state index in [1.54, 1.807) is 0 Å². The molecular formula is C13H19BrFN3O2S. The largest absolute Gasteiger partial charge is 0.398 e. The zero-order chi connectivity index (χ0) is 16.0. The summed E-state index contributed by atoms with van der Waals surface area (Å²) in [5.74, 6) is -0.798. The summed E-state index contributed by atoms with van der Waals surface area (Å²) in [5.41, 5.74) is 5.58. The number of piperazine rings is 1. The Kier molecular flexibility index (Phi) is 4.36. The Bertz CT molecular complexity index is 664. The van der Waals surface area contributed by atoms with Crippen LogP contribution >= 0.6 is 15.9 Å². The molecule has 1 aliphatic rings. The van der Waals surface area contributed by atoms with Crippen LogP contribution < -0.4 is 5.73 Å². The Hall–Kier alpha value is -0.700. The van der Waals surface area contributed by atoms with Crippen LogP contribution in [0.4, 0.5) is 10.1 Å². The molecule has 1 aliphatic heterocycles. The predicted molar refractivity (Wildman–Crippen MR) is 84.0 cm³/mol. The Labute approximate surface area is 133 Å². The highest BCUT2D eigenvalue weighted by Gasteiger charge is 2.38. The van der Waals surface area contributed by atoms with E-state index in [1.807, 2.05) is 20.9 Å². The lowest BCUT2D eigenvalue weighted by Crippen LogP contribution is -2.58. The molecule has 1 aromatic rings. The summed E-state index contributed by atoms with van der Waals surface area (Å²) in [4.78, 5) is 1.72. The number of halogens is 2. The van der Waals surface area contributed by atoms with Crippen LogP contribution in [0.15, 0.2) is 21.5 Å². The summed E-state index contributed by atoms with van der Waals surface area (Å²) in [6.45, 7) is 5.15. The molecule has 0 spiro atoms. The Balaban J connectivity index is 2.42. The maximum absolute atomic E-state index is 14.0. The van der Waals surface area contributed by atoms with E-state index < -0.39 is 15.8 Å². The summed E-state index contributed by atoms with van der Waals surface area (Å²) in [6, 6.07) is 2.25. The van der Waals surface area contributed by atoms with E-state index >= 15 is 0 Å². The first-order valence-corrected chi connectivity index (χ1v) is 8.75. The highest BCUT2D eigenvalue weighted by atomic mass is 79.9. The molecule has 1 saturated heterocycles. The molecule has 1 heterocycles. The molecule has 0 aliphatic carbocycles. The van der Waals surface area contributed by atoms with Gasteiger partial charge in [0.1, 0.15) is 10.7 Å². The number of rotatable bonds is 2. The van der Waals surface area contributed by atoms with E-state index in [-0.39, 0.29) is 16.1 Å². The average Bonchev–Trinajstić information content (AvgIpc) is 2.36. The van der Waals surface area contributed by atoms with Gasteiger partial charge in [-0.15, -0.1) is 0 Å². The Morgan fingerprint density at radius 3 is 2.52 bits per heavy atom. The quantitative estimate of drug-likeness (QED) is 0.796. The van der Waals surface area contributed by atoms with Gasteiger partial charge in [0, 0.05) is 35.3 Å². The normalized spacial score (nSPS) is 20.6. The monoisotopic (exact) mass is 379 g/mol. The zero-order valence-corrected chi connectivity index (χ0v) is 14.6. The minimum absolute atomic E-state index is 0.198. The van der Waals surface area contributed by atoms with Gasteiger partial charge in [-0.25, -0.2) is 12.8 Å². The van der Waals surface area contributed by atoms with Crippen LogP contribution in [0.3, 0.4) is 0 Å². The summed E-state index contributed by atoms with van der Waals surface area (Å²) in [5, 5.41) is 0. The third-order valence-electron chi connectivity index (χ3n) is 3.95. The maximum atomic E-state index is 14.0. The standard InChI is InChI=1S/C13H19BrFN3O2S/c1-13(2)8-18(5-4-17(13)3)21(19,20)12-7-11(16)9(14)6-10(12)15/h6-7H,4-5,8,16H2,1-3H3. The molecule has 8 heteroatoms. The van der Waals surface area contributed by atoms with Crippen molar-refractivity contribution in [1.29, 1.82) is 0 Å². The molecule has 0 aromatic heterocycles. The number of nitrogen functional groups attached to an aromatic ring is 1. The third-order valence-corrected chi connectivity index (χ3v) is 6.50. The first kappa shape index (κ1) is 16.7. The lowest BCUT2D eigenvalue weighted by molar-refractivity contribution is 0.0800. The number of benzene rings is 1. The minimum Gasteiger partial charge on any atom is -0.398 e. The fraction of sp³-hybridized carbons (Fsp3) is 0.538. The van der Waals surface area contributed by atoms with Gasteiger partial charge in [0.15, 0.2) is 0 Å². The number of nitrogens with two attached hydrogens (primary N) is 1. The van der Waals surface area contributed by atoms with Crippen molar-refractivity contribution in [3.8, 4) is 0 Å². The van der Waals surface area contributed by atoms with Crippen LogP contribution in [0.25, 0.3) is 0 Å². The van der Waals surface area contributed by atoms with Gasteiger partial charge in [-0.05, 0) is 49.0 Å². The number of likely N-dealkylation sites (N-methyl/N-ethyl adjacent to an activating group) is 1. The van der Waals surface area contributed by atoms with Crippen molar-refractivity contribution in [2.45, 2.75) is 24.3 Å². The van der Waals surface area contributed by atoms with Crippen LogP contribution in [0.2, 0.25) is 0 Å². The van der Waals surface area contributed by atoms with Crippen LogP contribution in [0.1, 0.15) is 13.8 Å². The van der Waals surface area contributed by atoms with Gasteiger partial charge in [0.2, 0.25) is 10.0 Å². The van der Waals surface area contributed by atoms with Gasteiger partial charge in [-0.3, -0.25) is 4.90 Å². The number of anilines is 1. The van der Waals surface area contributed by atoms with Crippen molar-refractivity contribution in [3.05, 3.63) is 22.4 Å². The van der Waals surface area contributed by atoms with Gasteiger partial charge >= 0.3 is 0 Å². The molecule has 0 amide bonds. The van der Waals surface area contributed by atoms with Crippen molar-refractivity contribution >= 4 is 31.6 Å².